The molecule has 0 saturated heterocycles. The van der Waals surface area contributed by atoms with Gasteiger partial charge < -0.3 is 10.6 Å². The summed E-state index contributed by atoms with van der Waals surface area (Å²) < 4.78 is 0. The zero-order valence-corrected chi connectivity index (χ0v) is 11.1. The molecule has 0 fully saturated rings. The van der Waals surface area contributed by atoms with Crippen molar-refractivity contribution in [2.45, 2.75) is 26.3 Å². The summed E-state index contributed by atoms with van der Waals surface area (Å²) in [5, 5.41) is 0. The summed E-state index contributed by atoms with van der Waals surface area (Å²) in [6.45, 7) is 6.65. The van der Waals surface area contributed by atoms with Crippen LogP contribution in [0.3, 0.4) is 0 Å². The first-order chi connectivity index (χ1) is 7.85. The van der Waals surface area contributed by atoms with E-state index in [-0.39, 0.29) is 5.91 Å². The first-order valence-corrected chi connectivity index (χ1v) is 5.95. The van der Waals surface area contributed by atoms with Gasteiger partial charge in [0.25, 0.3) is 0 Å². The van der Waals surface area contributed by atoms with Gasteiger partial charge in [-0.25, -0.2) is 0 Å². The van der Waals surface area contributed by atoms with E-state index in [2.05, 4.69) is 13.8 Å². The molecule has 1 aromatic rings. The second-order valence-electron chi connectivity index (χ2n) is 5.15. The Hall–Kier alpha value is -1.35. The third-order valence-electron chi connectivity index (χ3n) is 2.80. The highest BCUT2D eigenvalue weighted by atomic mass is 16.2. The van der Waals surface area contributed by atoms with E-state index in [9.17, 15) is 4.79 Å². The third kappa shape index (κ3) is 3.30. The molecule has 0 saturated carbocycles. The first-order valence-electron chi connectivity index (χ1n) is 5.95. The summed E-state index contributed by atoms with van der Waals surface area (Å²) in [4.78, 5) is 14.0. The van der Waals surface area contributed by atoms with Crippen molar-refractivity contribution in [2.24, 2.45) is 11.7 Å². The number of hydrogen-bond acceptors (Lipinski definition) is 2. The molecular weight excluding hydrogens is 212 g/mol. The molecule has 1 atom stereocenters. The smallest absolute Gasteiger partial charge is 0.246 e. The van der Waals surface area contributed by atoms with Crippen molar-refractivity contribution in [3.8, 4) is 0 Å². The highest BCUT2D eigenvalue weighted by Crippen LogP contribution is 2.20. The molecule has 1 aromatic carbocycles. The van der Waals surface area contributed by atoms with Gasteiger partial charge in [0.1, 0.15) is 5.54 Å². The number of nitrogens with two attached hydrogens (primary N) is 1. The van der Waals surface area contributed by atoms with E-state index in [0.29, 0.717) is 5.92 Å². The topological polar surface area (TPSA) is 46.3 Å². The second kappa shape index (κ2) is 5.32. The first kappa shape index (κ1) is 13.7. The molecule has 0 heterocycles. The fourth-order valence-electron chi connectivity index (χ4n) is 1.93. The van der Waals surface area contributed by atoms with Gasteiger partial charge in [0.2, 0.25) is 5.91 Å². The average Bonchev–Trinajstić information content (AvgIpc) is 2.28. The van der Waals surface area contributed by atoms with Crippen LogP contribution in [0.2, 0.25) is 0 Å². The maximum absolute atomic E-state index is 12.3. The van der Waals surface area contributed by atoms with Crippen LogP contribution in [0.15, 0.2) is 30.3 Å². The molecule has 3 heteroatoms. The molecule has 17 heavy (non-hydrogen) atoms. The van der Waals surface area contributed by atoms with Crippen LogP contribution < -0.4 is 5.73 Å². The monoisotopic (exact) mass is 234 g/mol. The van der Waals surface area contributed by atoms with Gasteiger partial charge >= 0.3 is 0 Å². The lowest BCUT2D eigenvalue weighted by molar-refractivity contribution is -0.135. The number of hydrogen-bond donors (Lipinski definition) is 1. The van der Waals surface area contributed by atoms with E-state index in [4.69, 9.17) is 5.73 Å². The zero-order valence-electron chi connectivity index (χ0n) is 11.1. The number of likely N-dealkylation sites (N-methyl/N-ethyl adjacent to an activating group) is 1. The number of benzene rings is 1. The minimum Gasteiger partial charge on any atom is -0.344 e. The lowest BCUT2D eigenvalue weighted by Gasteiger charge is -2.30. The Balaban J connectivity index is 2.87. The quantitative estimate of drug-likeness (QED) is 0.866. The van der Waals surface area contributed by atoms with Crippen molar-refractivity contribution < 1.29 is 4.79 Å². The largest absolute Gasteiger partial charge is 0.344 e. The fraction of sp³-hybridized carbons (Fsp3) is 0.500. The molecule has 1 rings (SSSR count). The Morgan fingerprint density at radius 1 is 1.35 bits per heavy atom. The number of nitrogens with zero attached hydrogens (tertiary/aromatic N) is 1. The van der Waals surface area contributed by atoms with Crippen LogP contribution in [0.25, 0.3) is 0 Å². The molecule has 0 radical (unpaired) electrons. The number of carbonyl (C=O) groups excluding carboxylic acids is 1. The molecule has 0 bridgehead atoms. The van der Waals surface area contributed by atoms with Crippen LogP contribution in [0.5, 0.6) is 0 Å². The van der Waals surface area contributed by atoms with Crippen LogP contribution in [-0.2, 0) is 10.3 Å². The summed E-state index contributed by atoms with van der Waals surface area (Å²) in [6, 6.07) is 9.50. The van der Waals surface area contributed by atoms with Crippen molar-refractivity contribution in [1.82, 2.24) is 4.90 Å². The van der Waals surface area contributed by atoms with Gasteiger partial charge in [0.15, 0.2) is 0 Å². The molecule has 0 spiro atoms. The maximum Gasteiger partial charge on any atom is 0.246 e. The van der Waals surface area contributed by atoms with Crippen LogP contribution in [0, 0.1) is 5.92 Å². The van der Waals surface area contributed by atoms with Gasteiger partial charge in [-0.2, -0.15) is 0 Å². The predicted octanol–water partition coefficient (Wildman–Crippen LogP) is 1.97. The summed E-state index contributed by atoms with van der Waals surface area (Å²) in [5.41, 5.74) is 6.06. The molecule has 2 N–H and O–H groups in total. The highest BCUT2D eigenvalue weighted by Gasteiger charge is 2.32. The van der Waals surface area contributed by atoms with E-state index < -0.39 is 5.54 Å². The van der Waals surface area contributed by atoms with Crippen molar-refractivity contribution in [3.05, 3.63) is 35.9 Å². The van der Waals surface area contributed by atoms with Crippen molar-refractivity contribution in [3.63, 3.8) is 0 Å². The minimum absolute atomic E-state index is 0.0441. The molecule has 94 valence electrons. The summed E-state index contributed by atoms with van der Waals surface area (Å²) in [6.07, 6.45) is 0. The normalized spacial score (nSPS) is 14.5. The predicted molar refractivity (Wildman–Crippen MR) is 70.5 cm³/mol. The van der Waals surface area contributed by atoms with Crippen LogP contribution in [-0.4, -0.2) is 24.4 Å². The lowest BCUT2D eigenvalue weighted by Crippen LogP contribution is -2.50. The number of amides is 1. The molecule has 0 aliphatic heterocycles. The summed E-state index contributed by atoms with van der Waals surface area (Å²) in [7, 11) is 1.80. The van der Waals surface area contributed by atoms with Gasteiger partial charge in [-0.1, -0.05) is 44.2 Å². The zero-order chi connectivity index (χ0) is 13.1. The van der Waals surface area contributed by atoms with Crippen molar-refractivity contribution in [1.29, 1.82) is 0 Å². The fourth-order valence-corrected chi connectivity index (χ4v) is 1.93. The van der Waals surface area contributed by atoms with Gasteiger partial charge in [-0.3, -0.25) is 4.79 Å². The second-order valence-corrected chi connectivity index (χ2v) is 5.15. The molecule has 0 aliphatic rings. The molecule has 3 nitrogen and oxygen atoms in total. The Bertz CT molecular complexity index is 371. The Morgan fingerprint density at radius 3 is 2.35 bits per heavy atom. The van der Waals surface area contributed by atoms with Gasteiger partial charge in [0.05, 0.1) is 0 Å². The molecular formula is C14H22N2O. The van der Waals surface area contributed by atoms with Gasteiger partial charge in [-0.05, 0) is 18.4 Å². The number of carbonyl (C=O) groups is 1. The van der Waals surface area contributed by atoms with Gasteiger partial charge in [0, 0.05) is 13.6 Å². The molecule has 1 unspecified atom stereocenters. The van der Waals surface area contributed by atoms with E-state index in [1.165, 1.54) is 0 Å². The van der Waals surface area contributed by atoms with Crippen molar-refractivity contribution >= 4 is 5.91 Å². The molecule has 0 aromatic heterocycles. The standard InChI is InChI=1S/C14H22N2O/c1-11(2)10-16(4)13(17)14(3,15)12-8-6-5-7-9-12/h5-9,11H,10,15H2,1-4H3. The van der Waals surface area contributed by atoms with Crippen LogP contribution >= 0.6 is 0 Å². The molecule has 1 amide bonds. The SMILES string of the molecule is CC(C)CN(C)C(=O)C(C)(N)c1ccccc1. The minimum atomic E-state index is -0.953. The Labute approximate surface area is 104 Å². The van der Waals surface area contributed by atoms with E-state index >= 15 is 0 Å². The number of rotatable bonds is 4. The maximum atomic E-state index is 12.3. The lowest BCUT2D eigenvalue weighted by atomic mass is 9.91. The Morgan fingerprint density at radius 2 is 1.88 bits per heavy atom. The molecule has 0 aliphatic carbocycles. The van der Waals surface area contributed by atoms with Crippen molar-refractivity contribution in [2.75, 3.05) is 13.6 Å². The van der Waals surface area contributed by atoms with Crippen LogP contribution in [0.4, 0.5) is 0 Å². The van der Waals surface area contributed by atoms with Crippen LogP contribution in [0.1, 0.15) is 26.3 Å². The van der Waals surface area contributed by atoms with E-state index in [0.717, 1.165) is 12.1 Å². The summed E-state index contributed by atoms with van der Waals surface area (Å²) >= 11 is 0. The van der Waals surface area contributed by atoms with E-state index in [1.54, 1.807) is 18.9 Å². The Kier molecular flexibility index (Phi) is 4.29. The highest BCUT2D eigenvalue weighted by molar-refractivity contribution is 5.86. The van der Waals surface area contributed by atoms with E-state index in [1.807, 2.05) is 30.3 Å². The average molecular weight is 234 g/mol. The summed E-state index contributed by atoms with van der Waals surface area (Å²) in [5.74, 6) is 0.396. The third-order valence-corrected chi connectivity index (χ3v) is 2.80. The van der Waals surface area contributed by atoms with Gasteiger partial charge in [-0.15, -0.1) is 0 Å².